The summed E-state index contributed by atoms with van der Waals surface area (Å²) in [5.74, 6) is 0. The van der Waals surface area contributed by atoms with Crippen molar-refractivity contribution < 1.29 is 5.11 Å². The van der Waals surface area contributed by atoms with Gasteiger partial charge in [0.25, 0.3) is 0 Å². The molecule has 0 aliphatic heterocycles. The zero-order chi connectivity index (χ0) is 12.3. The zero-order valence-corrected chi connectivity index (χ0v) is 10.5. The second-order valence-electron chi connectivity index (χ2n) is 5.08. The second kappa shape index (κ2) is 5.52. The van der Waals surface area contributed by atoms with Crippen molar-refractivity contribution in [3.63, 3.8) is 0 Å². The van der Waals surface area contributed by atoms with Gasteiger partial charge in [-0.15, -0.1) is 0 Å². The molecule has 2 unspecified atom stereocenters. The highest BCUT2D eigenvalue weighted by atomic mass is 16.3. The number of likely N-dealkylation sites (N-methyl/N-ethyl adjacent to an activating group) is 1. The van der Waals surface area contributed by atoms with E-state index in [-0.39, 0.29) is 6.10 Å². The summed E-state index contributed by atoms with van der Waals surface area (Å²) in [6.07, 6.45) is 4.24. The van der Waals surface area contributed by atoms with Crippen molar-refractivity contribution in [3.05, 3.63) is 29.8 Å². The Hall–Kier alpha value is -1.06. The number of aliphatic hydroxyl groups excluding tert-OH is 1. The van der Waals surface area contributed by atoms with Crippen molar-refractivity contribution >= 4 is 5.69 Å². The molecular formula is C14H22N2O. The molecule has 1 aliphatic rings. The van der Waals surface area contributed by atoms with Gasteiger partial charge in [-0.3, -0.25) is 4.90 Å². The smallest absolute Gasteiger partial charge is 0.0695 e. The lowest BCUT2D eigenvalue weighted by Crippen LogP contribution is -2.42. The third-order valence-electron chi connectivity index (χ3n) is 3.64. The fourth-order valence-corrected chi connectivity index (χ4v) is 2.70. The topological polar surface area (TPSA) is 49.5 Å². The van der Waals surface area contributed by atoms with Gasteiger partial charge in [-0.1, -0.05) is 25.0 Å². The van der Waals surface area contributed by atoms with Crippen LogP contribution in [0.15, 0.2) is 24.3 Å². The Balaban J connectivity index is 1.98. The van der Waals surface area contributed by atoms with Crippen LogP contribution >= 0.6 is 0 Å². The van der Waals surface area contributed by atoms with Crippen LogP contribution in [0, 0.1) is 0 Å². The van der Waals surface area contributed by atoms with Crippen LogP contribution in [0.2, 0.25) is 0 Å². The van der Waals surface area contributed by atoms with Crippen molar-refractivity contribution in [1.82, 2.24) is 4.90 Å². The molecule has 0 aromatic heterocycles. The lowest BCUT2D eigenvalue weighted by molar-refractivity contribution is 0.0288. The molecule has 3 heteroatoms. The maximum absolute atomic E-state index is 10.0. The monoisotopic (exact) mass is 234 g/mol. The first-order chi connectivity index (χ1) is 8.16. The number of hydrogen-bond donors (Lipinski definition) is 2. The van der Waals surface area contributed by atoms with E-state index in [4.69, 9.17) is 5.73 Å². The normalized spacial score (nSPS) is 25.1. The number of nitrogens with zero attached hydrogens (tertiary/aromatic N) is 1. The van der Waals surface area contributed by atoms with Gasteiger partial charge in [-0.25, -0.2) is 0 Å². The summed E-state index contributed by atoms with van der Waals surface area (Å²) in [6.45, 7) is 0.854. The molecule has 0 amide bonds. The van der Waals surface area contributed by atoms with E-state index in [0.717, 1.165) is 31.5 Å². The summed E-state index contributed by atoms with van der Waals surface area (Å²) in [6, 6.07) is 8.27. The summed E-state index contributed by atoms with van der Waals surface area (Å²) in [5, 5.41) is 10.0. The average molecular weight is 234 g/mol. The Morgan fingerprint density at radius 2 is 2.12 bits per heavy atom. The molecule has 2 atom stereocenters. The van der Waals surface area contributed by atoms with Gasteiger partial charge in [-0.2, -0.15) is 0 Å². The predicted molar refractivity (Wildman–Crippen MR) is 70.6 cm³/mol. The van der Waals surface area contributed by atoms with E-state index in [9.17, 15) is 5.11 Å². The first-order valence-electron chi connectivity index (χ1n) is 6.39. The predicted octanol–water partition coefficient (Wildman–Crippen LogP) is 2.00. The number of aliphatic hydroxyl groups is 1. The van der Waals surface area contributed by atoms with Gasteiger partial charge in [0.1, 0.15) is 0 Å². The highest BCUT2D eigenvalue weighted by Gasteiger charge is 2.26. The van der Waals surface area contributed by atoms with Crippen molar-refractivity contribution in [2.45, 2.75) is 44.4 Å². The third-order valence-corrected chi connectivity index (χ3v) is 3.64. The summed E-state index contributed by atoms with van der Waals surface area (Å²) in [7, 11) is 2.09. The molecule has 94 valence electrons. The molecule has 17 heavy (non-hydrogen) atoms. The number of nitrogens with two attached hydrogens (primary N) is 1. The van der Waals surface area contributed by atoms with Crippen molar-refractivity contribution in [2.24, 2.45) is 0 Å². The minimum Gasteiger partial charge on any atom is -0.399 e. The van der Waals surface area contributed by atoms with E-state index in [2.05, 4.69) is 18.0 Å². The summed E-state index contributed by atoms with van der Waals surface area (Å²) < 4.78 is 0. The molecular weight excluding hydrogens is 212 g/mol. The van der Waals surface area contributed by atoms with E-state index in [1.54, 1.807) is 0 Å². The fourth-order valence-electron chi connectivity index (χ4n) is 2.70. The molecule has 1 aromatic carbocycles. The first-order valence-corrected chi connectivity index (χ1v) is 6.39. The molecule has 0 spiro atoms. The Labute approximate surface area is 103 Å². The largest absolute Gasteiger partial charge is 0.399 e. The van der Waals surface area contributed by atoms with Crippen molar-refractivity contribution in [3.8, 4) is 0 Å². The number of hydrogen-bond acceptors (Lipinski definition) is 3. The summed E-state index contributed by atoms with van der Waals surface area (Å²) >= 11 is 0. The molecule has 0 bridgehead atoms. The van der Waals surface area contributed by atoms with E-state index in [1.165, 1.54) is 12.0 Å². The second-order valence-corrected chi connectivity index (χ2v) is 5.08. The molecule has 0 saturated heterocycles. The molecule has 1 aromatic rings. The number of anilines is 1. The molecule has 0 radical (unpaired) electrons. The molecule has 2 rings (SSSR count). The summed E-state index contributed by atoms with van der Waals surface area (Å²) in [4.78, 5) is 2.25. The molecule has 1 aliphatic carbocycles. The zero-order valence-electron chi connectivity index (χ0n) is 10.5. The van der Waals surface area contributed by atoms with E-state index in [0.29, 0.717) is 6.04 Å². The Morgan fingerprint density at radius 1 is 1.35 bits per heavy atom. The maximum atomic E-state index is 10.0. The SMILES string of the molecule is CN(Cc1cccc(N)c1)C1CCCCC1O. The number of rotatable bonds is 3. The van der Waals surface area contributed by atoms with Crippen LogP contribution in [0.1, 0.15) is 31.2 Å². The third kappa shape index (κ3) is 3.20. The van der Waals surface area contributed by atoms with E-state index in [1.807, 2.05) is 18.2 Å². The minimum absolute atomic E-state index is 0.171. The van der Waals surface area contributed by atoms with Gasteiger partial charge in [0.05, 0.1) is 6.10 Å². The van der Waals surface area contributed by atoms with Gasteiger partial charge in [0.2, 0.25) is 0 Å². The lowest BCUT2D eigenvalue weighted by atomic mass is 9.91. The van der Waals surface area contributed by atoms with Crippen LogP contribution in [0.25, 0.3) is 0 Å². The number of benzene rings is 1. The molecule has 1 fully saturated rings. The van der Waals surface area contributed by atoms with Gasteiger partial charge in [-0.05, 0) is 37.6 Å². The van der Waals surface area contributed by atoms with E-state index >= 15 is 0 Å². The average Bonchev–Trinajstić information content (AvgIpc) is 2.29. The quantitative estimate of drug-likeness (QED) is 0.787. The minimum atomic E-state index is -0.171. The van der Waals surface area contributed by atoms with E-state index < -0.39 is 0 Å². The summed E-state index contributed by atoms with van der Waals surface area (Å²) in [5.41, 5.74) is 7.79. The first kappa shape index (κ1) is 12.4. The number of nitrogen functional groups attached to an aromatic ring is 1. The van der Waals surface area contributed by atoms with Crippen molar-refractivity contribution in [1.29, 1.82) is 0 Å². The van der Waals surface area contributed by atoms with Crippen LogP contribution in [-0.2, 0) is 6.54 Å². The Morgan fingerprint density at radius 3 is 2.82 bits per heavy atom. The van der Waals surface area contributed by atoms with Crippen molar-refractivity contribution in [2.75, 3.05) is 12.8 Å². The molecule has 0 heterocycles. The Kier molecular flexibility index (Phi) is 4.02. The van der Waals surface area contributed by atoms with Crippen LogP contribution in [-0.4, -0.2) is 29.2 Å². The Bertz CT molecular complexity index is 367. The van der Waals surface area contributed by atoms with Crippen LogP contribution < -0.4 is 5.73 Å². The van der Waals surface area contributed by atoms with Crippen LogP contribution in [0.3, 0.4) is 0 Å². The molecule has 3 nitrogen and oxygen atoms in total. The lowest BCUT2D eigenvalue weighted by Gasteiger charge is -2.35. The van der Waals surface area contributed by atoms with Gasteiger partial charge >= 0.3 is 0 Å². The highest BCUT2D eigenvalue weighted by molar-refractivity contribution is 5.40. The highest BCUT2D eigenvalue weighted by Crippen LogP contribution is 2.23. The van der Waals surface area contributed by atoms with Crippen LogP contribution in [0.4, 0.5) is 5.69 Å². The fraction of sp³-hybridized carbons (Fsp3) is 0.571. The van der Waals surface area contributed by atoms with Gasteiger partial charge in [0.15, 0.2) is 0 Å². The van der Waals surface area contributed by atoms with Gasteiger partial charge < -0.3 is 10.8 Å². The van der Waals surface area contributed by atoms with Crippen LogP contribution in [0.5, 0.6) is 0 Å². The van der Waals surface area contributed by atoms with Gasteiger partial charge in [0, 0.05) is 18.3 Å². The maximum Gasteiger partial charge on any atom is 0.0695 e. The molecule has 1 saturated carbocycles. The molecule has 3 N–H and O–H groups in total. The standard InChI is InChI=1S/C14H22N2O/c1-16(13-7-2-3-8-14(13)17)10-11-5-4-6-12(15)9-11/h4-6,9,13-14,17H,2-3,7-8,10,15H2,1H3.